The molecule has 0 aliphatic rings. The van der Waals surface area contributed by atoms with Gasteiger partial charge in [-0.15, -0.1) is 0 Å². The molecule has 0 aromatic carbocycles. The zero-order chi connectivity index (χ0) is 11.5. The molecule has 1 atom stereocenters. The van der Waals surface area contributed by atoms with E-state index >= 15 is 0 Å². The van der Waals surface area contributed by atoms with Crippen molar-refractivity contribution in [2.75, 3.05) is 26.3 Å². The molecule has 0 saturated heterocycles. The van der Waals surface area contributed by atoms with Crippen LogP contribution in [0.4, 0.5) is 0 Å². The molecule has 15 heavy (non-hydrogen) atoms. The lowest BCUT2D eigenvalue weighted by Gasteiger charge is -2.25. The van der Waals surface area contributed by atoms with Crippen molar-refractivity contribution in [2.45, 2.75) is 39.3 Å². The number of hydrogen-bond donors (Lipinski definition) is 2. The van der Waals surface area contributed by atoms with Crippen molar-refractivity contribution in [1.29, 1.82) is 0 Å². The summed E-state index contributed by atoms with van der Waals surface area (Å²) < 4.78 is 11.4. The second-order valence-electron chi connectivity index (χ2n) is 3.42. The summed E-state index contributed by atoms with van der Waals surface area (Å²) in [7, 11) is -1.56. The molecule has 0 aromatic heterocycles. The van der Waals surface area contributed by atoms with Crippen molar-refractivity contribution in [3.63, 3.8) is 0 Å². The normalized spacial score (nSPS) is 13.4. The Morgan fingerprint density at radius 2 is 1.80 bits per heavy atom. The maximum absolute atomic E-state index is 5.71. The highest BCUT2D eigenvalue weighted by Crippen LogP contribution is 2.04. The first-order valence-corrected chi connectivity index (χ1v) is 7.57. The minimum atomic E-state index is -1.56. The van der Waals surface area contributed by atoms with Gasteiger partial charge in [-0.05, 0) is 20.3 Å². The van der Waals surface area contributed by atoms with Crippen LogP contribution in [0.25, 0.3) is 0 Å². The second-order valence-corrected chi connectivity index (χ2v) is 5.63. The molecule has 0 saturated carbocycles. The number of hydrogen-bond acceptors (Lipinski definition) is 4. The minimum Gasteiger partial charge on any atom is -0.396 e. The van der Waals surface area contributed by atoms with E-state index in [1.807, 2.05) is 13.8 Å². The van der Waals surface area contributed by atoms with Gasteiger partial charge in [0.1, 0.15) is 0 Å². The Kier molecular flexibility index (Phi) is 10.6. The molecule has 5 heteroatoms. The minimum absolute atomic E-state index is 0.387. The predicted molar refractivity (Wildman–Crippen MR) is 66.2 cm³/mol. The van der Waals surface area contributed by atoms with Gasteiger partial charge in [-0.25, -0.2) is 0 Å². The monoisotopic (exact) mass is 234 g/mol. The van der Waals surface area contributed by atoms with Gasteiger partial charge in [-0.2, -0.15) is 0 Å². The molecule has 0 amide bonds. The van der Waals surface area contributed by atoms with Crippen molar-refractivity contribution >= 4 is 9.28 Å². The van der Waals surface area contributed by atoms with Crippen LogP contribution in [0.5, 0.6) is 0 Å². The van der Waals surface area contributed by atoms with E-state index in [4.69, 9.17) is 14.6 Å². The molecule has 4 nitrogen and oxygen atoms in total. The van der Waals surface area contributed by atoms with Gasteiger partial charge < -0.3 is 19.9 Å². The van der Waals surface area contributed by atoms with E-state index in [1.165, 1.54) is 0 Å². The number of nitrogens with one attached hydrogen (secondary N) is 1. The summed E-state index contributed by atoms with van der Waals surface area (Å²) in [6.07, 6.45) is 2.25. The summed E-state index contributed by atoms with van der Waals surface area (Å²) in [4.78, 5) is 0. The Morgan fingerprint density at radius 1 is 1.20 bits per heavy atom. The average molecular weight is 234 g/mol. The second kappa shape index (κ2) is 10.6. The highest BCUT2D eigenvalue weighted by atomic mass is 28.3. The van der Waals surface area contributed by atoms with Crippen LogP contribution in [0.2, 0.25) is 0 Å². The summed E-state index contributed by atoms with van der Waals surface area (Å²) in [5, 5.41) is 3.43. The molecule has 0 aromatic rings. The average Bonchev–Trinajstić information content (AvgIpc) is 2.24. The van der Waals surface area contributed by atoms with Crippen LogP contribution in [0.3, 0.4) is 0 Å². The zero-order valence-electron chi connectivity index (χ0n) is 10.3. The standard InChI is InChI=1S/C10H26N2O2Si/c1-4-7-10(12-9-8-11)15(13-5-2)14-6-3/h10,12,15H,4-9,11H2,1-3H3. The van der Waals surface area contributed by atoms with Gasteiger partial charge >= 0.3 is 9.28 Å². The molecule has 3 N–H and O–H groups in total. The van der Waals surface area contributed by atoms with Gasteiger partial charge in [0.25, 0.3) is 0 Å². The summed E-state index contributed by atoms with van der Waals surface area (Å²) in [5.74, 6) is 0. The third kappa shape index (κ3) is 7.02. The third-order valence-electron chi connectivity index (χ3n) is 2.14. The molecular weight excluding hydrogens is 208 g/mol. The third-order valence-corrected chi connectivity index (χ3v) is 4.69. The zero-order valence-corrected chi connectivity index (χ0v) is 11.4. The predicted octanol–water partition coefficient (Wildman–Crippen LogP) is 0.536. The molecule has 0 bridgehead atoms. The van der Waals surface area contributed by atoms with Gasteiger partial charge in [0, 0.05) is 32.0 Å². The molecule has 0 rings (SSSR count). The van der Waals surface area contributed by atoms with Gasteiger partial charge in [-0.1, -0.05) is 13.3 Å². The van der Waals surface area contributed by atoms with E-state index in [0.29, 0.717) is 12.2 Å². The summed E-state index contributed by atoms with van der Waals surface area (Å²) in [5.41, 5.74) is 5.88. The van der Waals surface area contributed by atoms with Crippen LogP contribution in [0, 0.1) is 0 Å². The van der Waals surface area contributed by atoms with E-state index in [9.17, 15) is 0 Å². The van der Waals surface area contributed by atoms with E-state index in [1.54, 1.807) is 0 Å². The molecule has 0 heterocycles. The molecule has 92 valence electrons. The Balaban J connectivity index is 4.09. The van der Waals surface area contributed by atoms with Crippen LogP contribution in [0.1, 0.15) is 33.6 Å². The molecule has 0 fully saturated rings. The van der Waals surface area contributed by atoms with Crippen LogP contribution >= 0.6 is 0 Å². The highest BCUT2D eigenvalue weighted by Gasteiger charge is 2.24. The molecule has 0 aliphatic carbocycles. The highest BCUT2D eigenvalue weighted by molar-refractivity contribution is 6.46. The summed E-state index contributed by atoms with van der Waals surface area (Å²) >= 11 is 0. The first kappa shape index (κ1) is 15.1. The quantitative estimate of drug-likeness (QED) is 0.542. The lowest BCUT2D eigenvalue weighted by atomic mass is 10.3. The van der Waals surface area contributed by atoms with E-state index in [0.717, 1.165) is 32.6 Å². The van der Waals surface area contributed by atoms with Crippen molar-refractivity contribution in [3.05, 3.63) is 0 Å². The number of nitrogens with two attached hydrogens (primary N) is 1. The molecule has 1 unspecified atom stereocenters. The molecular formula is C10H26N2O2Si. The van der Waals surface area contributed by atoms with Gasteiger partial charge in [0.2, 0.25) is 0 Å². The maximum Gasteiger partial charge on any atom is 0.338 e. The fraction of sp³-hybridized carbons (Fsp3) is 1.00. The van der Waals surface area contributed by atoms with E-state index in [-0.39, 0.29) is 0 Å². The lowest BCUT2D eigenvalue weighted by Crippen LogP contribution is -2.48. The van der Waals surface area contributed by atoms with Crippen molar-refractivity contribution in [2.24, 2.45) is 5.73 Å². The maximum atomic E-state index is 5.71. The summed E-state index contributed by atoms with van der Waals surface area (Å²) in [6, 6.07) is 0. The number of rotatable bonds is 10. The summed E-state index contributed by atoms with van der Waals surface area (Å²) in [6.45, 7) is 9.20. The first-order valence-electron chi connectivity index (χ1n) is 5.96. The largest absolute Gasteiger partial charge is 0.396 e. The lowest BCUT2D eigenvalue weighted by molar-refractivity contribution is 0.197. The fourth-order valence-corrected chi connectivity index (χ4v) is 3.71. The van der Waals surface area contributed by atoms with Crippen LogP contribution in [-0.4, -0.2) is 41.3 Å². The van der Waals surface area contributed by atoms with Gasteiger partial charge in [0.15, 0.2) is 0 Å². The smallest absolute Gasteiger partial charge is 0.338 e. The van der Waals surface area contributed by atoms with Gasteiger partial charge in [0.05, 0.1) is 0 Å². The van der Waals surface area contributed by atoms with Crippen molar-refractivity contribution in [1.82, 2.24) is 5.32 Å². The Hall–Kier alpha value is 0.0569. The fourth-order valence-electron chi connectivity index (χ4n) is 1.52. The Bertz CT molecular complexity index is 133. The topological polar surface area (TPSA) is 56.5 Å². The van der Waals surface area contributed by atoms with E-state index < -0.39 is 9.28 Å². The van der Waals surface area contributed by atoms with Crippen molar-refractivity contribution in [3.8, 4) is 0 Å². The van der Waals surface area contributed by atoms with Crippen LogP contribution in [0.15, 0.2) is 0 Å². The van der Waals surface area contributed by atoms with Crippen LogP contribution < -0.4 is 11.1 Å². The Labute approximate surface area is 95.4 Å². The first-order chi connectivity index (χ1) is 7.29. The van der Waals surface area contributed by atoms with Crippen molar-refractivity contribution < 1.29 is 8.85 Å². The Morgan fingerprint density at radius 3 is 2.20 bits per heavy atom. The van der Waals surface area contributed by atoms with Crippen LogP contribution in [-0.2, 0) is 8.85 Å². The molecule has 0 spiro atoms. The molecule has 0 radical (unpaired) electrons. The molecule has 0 aliphatic heterocycles. The van der Waals surface area contributed by atoms with E-state index in [2.05, 4.69) is 12.2 Å². The SMILES string of the molecule is CCCC(NCCN)[SiH](OCC)OCC. The van der Waals surface area contributed by atoms with Gasteiger partial charge in [-0.3, -0.25) is 0 Å².